The van der Waals surface area contributed by atoms with Crippen LogP contribution in [0.15, 0.2) is 30.3 Å². The van der Waals surface area contributed by atoms with Crippen LogP contribution in [-0.2, 0) is 6.61 Å². The van der Waals surface area contributed by atoms with Crippen molar-refractivity contribution < 1.29 is 32.9 Å². The molecule has 0 fully saturated rings. The SMILES string of the molecule is CC(O)C(NC(=O)Nc1cc2[nH]nc(OCC(F)F)c2c(CO)n1)c1ccc(F)cc1. The van der Waals surface area contributed by atoms with Gasteiger partial charge in [0.2, 0.25) is 5.88 Å². The van der Waals surface area contributed by atoms with Crippen molar-refractivity contribution >= 4 is 22.8 Å². The number of H-pyrrole nitrogens is 1. The predicted molar refractivity (Wildman–Crippen MR) is 104 cm³/mol. The third kappa shape index (κ3) is 5.41. The lowest BCUT2D eigenvalue weighted by atomic mass is 10.0. The van der Waals surface area contributed by atoms with Gasteiger partial charge in [-0.15, -0.1) is 5.10 Å². The largest absolute Gasteiger partial charge is 0.470 e. The first kappa shape index (κ1) is 22.3. The molecular weight excluding hydrogens is 419 g/mol. The lowest BCUT2D eigenvalue weighted by Crippen LogP contribution is -2.38. The maximum absolute atomic E-state index is 13.1. The Morgan fingerprint density at radius 1 is 1.29 bits per heavy atom. The number of aliphatic hydroxyl groups excluding tert-OH is 2. The average molecular weight is 439 g/mol. The number of rotatable bonds is 8. The molecule has 1 aromatic carbocycles. The Kier molecular flexibility index (Phi) is 6.92. The smallest absolute Gasteiger partial charge is 0.320 e. The van der Waals surface area contributed by atoms with Gasteiger partial charge in [0.25, 0.3) is 6.43 Å². The van der Waals surface area contributed by atoms with Gasteiger partial charge in [0.15, 0.2) is 6.61 Å². The van der Waals surface area contributed by atoms with Gasteiger partial charge in [-0.3, -0.25) is 10.4 Å². The number of anilines is 1. The summed E-state index contributed by atoms with van der Waals surface area (Å²) in [5.74, 6) is -0.571. The van der Waals surface area contributed by atoms with Crippen molar-refractivity contribution in [3.63, 3.8) is 0 Å². The first-order valence-corrected chi connectivity index (χ1v) is 9.19. The Balaban J connectivity index is 1.78. The number of carbonyl (C=O) groups is 1. The summed E-state index contributed by atoms with van der Waals surface area (Å²) < 4.78 is 42.9. The number of pyridine rings is 1. The molecule has 3 aromatic rings. The molecule has 0 saturated carbocycles. The third-order valence-corrected chi connectivity index (χ3v) is 4.32. The Morgan fingerprint density at radius 3 is 2.61 bits per heavy atom. The minimum absolute atomic E-state index is 0.0292. The third-order valence-electron chi connectivity index (χ3n) is 4.32. The molecule has 0 radical (unpaired) electrons. The number of aromatic nitrogens is 3. The number of nitrogens with zero attached hydrogens (tertiary/aromatic N) is 2. The normalized spacial score (nSPS) is 13.3. The van der Waals surface area contributed by atoms with Crippen molar-refractivity contribution in [3.05, 3.63) is 47.4 Å². The summed E-state index contributed by atoms with van der Waals surface area (Å²) in [5, 5.41) is 31.2. The van der Waals surface area contributed by atoms with Gasteiger partial charge >= 0.3 is 6.03 Å². The molecule has 0 spiro atoms. The van der Waals surface area contributed by atoms with Gasteiger partial charge in [-0.1, -0.05) is 12.1 Å². The fourth-order valence-electron chi connectivity index (χ4n) is 2.96. The van der Waals surface area contributed by atoms with E-state index in [4.69, 9.17) is 4.74 Å². The first-order chi connectivity index (χ1) is 14.8. The lowest BCUT2D eigenvalue weighted by molar-refractivity contribution is 0.0802. The van der Waals surface area contributed by atoms with E-state index in [2.05, 4.69) is 25.8 Å². The fourth-order valence-corrected chi connectivity index (χ4v) is 2.96. The minimum atomic E-state index is -2.70. The number of fused-ring (bicyclic) bond motifs is 1. The van der Waals surface area contributed by atoms with Crippen LogP contribution in [0, 0.1) is 5.82 Å². The van der Waals surface area contributed by atoms with Crippen molar-refractivity contribution in [2.75, 3.05) is 11.9 Å². The van der Waals surface area contributed by atoms with E-state index in [1.54, 1.807) is 0 Å². The summed E-state index contributed by atoms with van der Waals surface area (Å²) in [6.45, 7) is 0.0233. The highest BCUT2D eigenvalue weighted by Crippen LogP contribution is 2.28. The molecule has 0 aliphatic carbocycles. The predicted octanol–water partition coefficient (Wildman–Crippen LogP) is 2.48. The van der Waals surface area contributed by atoms with Gasteiger partial charge in [0, 0.05) is 6.07 Å². The molecule has 0 saturated heterocycles. The van der Waals surface area contributed by atoms with Crippen LogP contribution in [-0.4, -0.2) is 50.6 Å². The molecule has 9 nitrogen and oxygen atoms in total. The van der Waals surface area contributed by atoms with Gasteiger partial charge in [0.1, 0.15) is 11.6 Å². The zero-order valence-corrected chi connectivity index (χ0v) is 16.3. The molecule has 2 atom stereocenters. The van der Waals surface area contributed by atoms with Crippen molar-refractivity contribution in [2.24, 2.45) is 0 Å². The van der Waals surface area contributed by atoms with Crippen LogP contribution in [0.25, 0.3) is 10.9 Å². The van der Waals surface area contributed by atoms with Crippen LogP contribution in [0.4, 0.5) is 23.8 Å². The van der Waals surface area contributed by atoms with E-state index in [1.807, 2.05) is 0 Å². The van der Waals surface area contributed by atoms with E-state index < -0.39 is 43.6 Å². The summed E-state index contributed by atoms with van der Waals surface area (Å²) in [6.07, 6.45) is -3.69. The highest BCUT2D eigenvalue weighted by molar-refractivity contribution is 5.93. The number of hydrogen-bond donors (Lipinski definition) is 5. The van der Waals surface area contributed by atoms with Crippen molar-refractivity contribution in [1.82, 2.24) is 20.5 Å². The Labute approximate surface area is 174 Å². The van der Waals surface area contributed by atoms with E-state index >= 15 is 0 Å². The number of urea groups is 1. The molecule has 2 heterocycles. The summed E-state index contributed by atoms with van der Waals surface area (Å²) >= 11 is 0. The van der Waals surface area contributed by atoms with Crippen molar-refractivity contribution in [1.29, 1.82) is 0 Å². The molecule has 31 heavy (non-hydrogen) atoms. The van der Waals surface area contributed by atoms with Crippen LogP contribution in [0.2, 0.25) is 0 Å². The number of aliphatic hydroxyl groups is 2. The Morgan fingerprint density at radius 2 is 2.00 bits per heavy atom. The Bertz CT molecular complexity index is 1040. The molecule has 2 amide bonds. The molecule has 5 N–H and O–H groups in total. The maximum atomic E-state index is 13.1. The Hall–Kier alpha value is -3.38. The number of benzene rings is 1. The quantitative estimate of drug-likeness (QED) is 0.366. The molecule has 0 bridgehead atoms. The number of aromatic amines is 1. The van der Waals surface area contributed by atoms with E-state index in [-0.39, 0.29) is 22.8 Å². The second-order valence-electron chi connectivity index (χ2n) is 6.63. The summed E-state index contributed by atoms with van der Waals surface area (Å²) in [5.41, 5.74) is 0.834. The number of hydrogen-bond acceptors (Lipinski definition) is 6. The van der Waals surface area contributed by atoms with E-state index in [1.165, 1.54) is 37.3 Å². The van der Waals surface area contributed by atoms with Crippen LogP contribution in [0.1, 0.15) is 24.2 Å². The van der Waals surface area contributed by atoms with E-state index in [0.717, 1.165) is 0 Å². The average Bonchev–Trinajstić information content (AvgIpc) is 3.13. The molecule has 2 aromatic heterocycles. The second-order valence-corrected chi connectivity index (χ2v) is 6.63. The fraction of sp³-hybridized carbons (Fsp3) is 0.316. The molecule has 0 aliphatic rings. The zero-order chi connectivity index (χ0) is 22.5. The van der Waals surface area contributed by atoms with Crippen LogP contribution >= 0.6 is 0 Å². The number of nitrogens with one attached hydrogen (secondary N) is 3. The highest BCUT2D eigenvalue weighted by atomic mass is 19.3. The minimum Gasteiger partial charge on any atom is -0.470 e. The summed E-state index contributed by atoms with van der Waals surface area (Å²) in [4.78, 5) is 16.5. The van der Waals surface area contributed by atoms with Crippen molar-refractivity contribution in [2.45, 2.75) is 32.1 Å². The van der Waals surface area contributed by atoms with Gasteiger partial charge in [0.05, 0.1) is 35.3 Å². The molecule has 0 aliphatic heterocycles. The molecule has 12 heteroatoms. The summed E-state index contributed by atoms with van der Waals surface area (Å²) in [6, 6.07) is 5.12. The monoisotopic (exact) mass is 439 g/mol. The van der Waals surface area contributed by atoms with E-state index in [9.17, 15) is 28.2 Å². The molecule has 166 valence electrons. The molecule has 2 unspecified atom stereocenters. The highest BCUT2D eigenvalue weighted by Gasteiger charge is 2.21. The number of carbonyl (C=O) groups excluding carboxylic acids is 1. The van der Waals surface area contributed by atoms with Crippen LogP contribution < -0.4 is 15.4 Å². The van der Waals surface area contributed by atoms with Gasteiger partial charge in [-0.05, 0) is 24.6 Å². The first-order valence-electron chi connectivity index (χ1n) is 9.19. The van der Waals surface area contributed by atoms with Gasteiger partial charge < -0.3 is 20.3 Å². The number of amides is 2. The standard InChI is InChI=1S/C19H20F3N5O4/c1-9(29)17(10-2-4-11(20)5-3-10)25-19(30)24-15-6-12-16(13(7-28)23-15)18(27-26-12)31-8-14(21)22/h2-6,9,14,17,28-29H,7-8H2,1H3,(H,26,27)(H2,23,24,25,30). The molecular formula is C19H20F3N5O4. The number of alkyl halides is 2. The number of ether oxygens (including phenoxy) is 1. The van der Waals surface area contributed by atoms with E-state index in [0.29, 0.717) is 11.1 Å². The maximum Gasteiger partial charge on any atom is 0.320 e. The zero-order valence-electron chi connectivity index (χ0n) is 16.3. The van der Waals surface area contributed by atoms with Crippen LogP contribution in [0.3, 0.4) is 0 Å². The topological polar surface area (TPSA) is 132 Å². The lowest BCUT2D eigenvalue weighted by Gasteiger charge is -2.22. The van der Waals surface area contributed by atoms with Crippen LogP contribution in [0.5, 0.6) is 5.88 Å². The van der Waals surface area contributed by atoms with Gasteiger partial charge in [-0.25, -0.2) is 22.9 Å². The summed E-state index contributed by atoms with van der Waals surface area (Å²) in [7, 11) is 0. The number of halogens is 3. The van der Waals surface area contributed by atoms with Crippen molar-refractivity contribution in [3.8, 4) is 5.88 Å². The molecule has 3 rings (SSSR count). The van der Waals surface area contributed by atoms with Gasteiger partial charge in [-0.2, -0.15) is 0 Å². The second kappa shape index (κ2) is 9.62.